The number of hydrogen-bond acceptors (Lipinski definition) is 1. The van der Waals surface area contributed by atoms with Crippen molar-refractivity contribution in [1.29, 1.82) is 0 Å². The first-order chi connectivity index (χ1) is 6.72. The summed E-state index contributed by atoms with van der Waals surface area (Å²) in [5.41, 5.74) is 0.530. The van der Waals surface area contributed by atoms with Crippen molar-refractivity contribution in [3.8, 4) is 0 Å². The average molecular weight is 192 g/mol. The molecule has 0 aromatic carbocycles. The lowest BCUT2D eigenvalue weighted by atomic mass is 9.96. The maximum Gasteiger partial charge on any atom is 0.114 e. The molecule has 2 aliphatic carbocycles. The number of methoxy groups -OCH3 is 1. The summed E-state index contributed by atoms with van der Waals surface area (Å²) >= 11 is 0. The predicted molar refractivity (Wildman–Crippen MR) is 60.9 cm³/mol. The van der Waals surface area contributed by atoms with Crippen LogP contribution >= 0.6 is 0 Å². The van der Waals surface area contributed by atoms with Crippen molar-refractivity contribution in [2.24, 2.45) is 11.3 Å². The van der Waals surface area contributed by atoms with E-state index in [1.165, 1.54) is 12.8 Å². The zero-order valence-electron chi connectivity index (χ0n) is 9.42. The lowest BCUT2D eigenvalue weighted by molar-refractivity contribution is 0.300. The number of ether oxygens (including phenoxy) is 1. The predicted octanol–water partition coefficient (Wildman–Crippen LogP) is 3.70. The van der Waals surface area contributed by atoms with Crippen molar-refractivity contribution in [3.05, 3.63) is 36.6 Å². The van der Waals surface area contributed by atoms with Crippen molar-refractivity contribution >= 4 is 0 Å². The van der Waals surface area contributed by atoms with Crippen LogP contribution in [0.5, 0.6) is 0 Å². The van der Waals surface area contributed by atoms with Crippen molar-refractivity contribution in [1.82, 2.24) is 0 Å². The Kier molecular flexibility index (Phi) is 3.56. The van der Waals surface area contributed by atoms with Gasteiger partial charge in [0.2, 0.25) is 0 Å². The number of allylic oxidation sites excluding steroid dienone is 4. The SMILES string of the molecule is C=CC.CCC12C=CC(OC)=CC1C2. The molecular formula is C13H20O. The monoisotopic (exact) mass is 192 g/mol. The van der Waals surface area contributed by atoms with E-state index in [1.807, 2.05) is 6.92 Å². The summed E-state index contributed by atoms with van der Waals surface area (Å²) < 4.78 is 5.15. The Bertz CT molecular complexity index is 262. The van der Waals surface area contributed by atoms with Gasteiger partial charge in [-0.15, -0.1) is 6.58 Å². The summed E-state index contributed by atoms with van der Waals surface area (Å²) in [7, 11) is 1.73. The van der Waals surface area contributed by atoms with E-state index in [0.717, 1.165) is 11.7 Å². The van der Waals surface area contributed by atoms with Crippen LogP contribution in [-0.4, -0.2) is 7.11 Å². The molecule has 0 radical (unpaired) electrons. The van der Waals surface area contributed by atoms with E-state index in [-0.39, 0.29) is 0 Å². The van der Waals surface area contributed by atoms with Gasteiger partial charge in [0.05, 0.1) is 7.11 Å². The average Bonchev–Trinajstić information content (AvgIpc) is 2.92. The van der Waals surface area contributed by atoms with E-state index in [9.17, 15) is 0 Å². The zero-order chi connectivity index (χ0) is 10.6. The molecule has 0 aliphatic heterocycles. The highest BCUT2D eigenvalue weighted by Gasteiger charge is 2.50. The minimum Gasteiger partial charge on any atom is -0.497 e. The molecule has 14 heavy (non-hydrogen) atoms. The van der Waals surface area contributed by atoms with Gasteiger partial charge in [-0.25, -0.2) is 0 Å². The van der Waals surface area contributed by atoms with E-state index >= 15 is 0 Å². The molecule has 2 unspecified atom stereocenters. The molecule has 0 N–H and O–H groups in total. The van der Waals surface area contributed by atoms with Crippen molar-refractivity contribution in [2.75, 3.05) is 7.11 Å². The number of hydrogen-bond donors (Lipinski definition) is 0. The molecule has 0 amide bonds. The molecule has 2 aliphatic rings. The van der Waals surface area contributed by atoms with Crippen LogP contribution in [-0.2, 0) is 4.74 Å². The summed E-state index contributed by atoms with van der Waals surface area (Å²) in [6.07, 6.45) is 11.0. The molecule has 78 valence electrons. The molecule has 1 heteroatoms. The molecule has 0 aromatic rings. The fourth-order valence-corrected chi connectivity index (χ4v) is 1.93. The molecule has 2 atom stereocenters. The Labute approximate surface area is 87.2 Å². The van der Waals surface area contributed by atoms with Gasteiger partial charge < -0.3 is 4.74 Å². The lowest BCUT2D eigenvalue weighted by Crippen LogP contribution is -2.01. The van der Waals surface area contributed by atoms with Crippen LogP contribution in [0, 0.1) is 11.3 Å². The Balaban J connectivity index is 0.000000293. The van der Waals surface area contributed by atoms with E-state index in [2.05, 4.69) is 31.7 Å². The summed E-state index contributed by atoms with van der Waals surface area (Å²) in [5.74, 6) is 1.81. The van der Waals surface area contributed by atoms with Crippen molar-refractivity contribution in [2.45, 2.75) is 26.7 Å². The smallest absolute Gasteiger partial charge is 0.114 e. The van der Waals surface area contributed by atoms with Crippen LogP contribution < -0.4 is 0 Å². The van der Waals surface area contributed by atoms with Gasteiger partial charge >= 0.3 is 0 Å². The van der Waals surface area contributed by atoms with E-state index < -0.39 is 0 Å². The van der Waals surface area contributed by atoms with Crippen molar-refractivity contribution < 1.29 is 4.74 Å². The Morgan fingerprint density at radius 3 is 2.79 bits per heavy atom. The lowest BCUT2D eigenvalue weighted by Gasteiger charge is -2.12. The fourth-order valence-electron chi connectivity index (χ4n) is 1.93. The topological polar surface area (TPSA) is 9.23 Å². The molecule has 0 aromatic heterocycles. The van der Waals surface area contributed by atoms with Gasteiger partial charge in [0, 0.05) is 0 Å². The van der Waals surface area contributed by atoms with E-state index in [4.69, 9.17) is 4.74 Å². The summed E-state index contributed by atoms with van der Waals surface area (Å²) in [6, 6.07) is 0. The maximum absolute atomic E-state index is 5.15. The van der Waals surface area contributed by atoms with Crippen LogP contribution in [0.25, 0.3) is 0 Å². The second kappa shape index (κ2) is 4.50. The minimum absolute atomic E-state index is 0.530. The van der Waals surface area contributed by atoms with Crippen LogP contribution in [0.4, 0.5) is 0 Å². The number of fused-ring (bicyclic) bond motifs is 1. The molecule has 1 fully saturated rings. The molecule has 0 spiro atoms. The third kappa shape index (κ3) is 2.09. The molecule has 2 rings (SSSR count). The van der Waals surface area contributed by atoms with Crippen LogP contribution in [0.15, 0.2) is 36.6 Å². The molecule has 0 heterocycles. The highest BCUT2D eigenvalue weighted by molar-refractivity contribution is 5.32. The normalized spacial score (nSPS) is 31.9. The quantitative estimate of drug-likeness (QED) is 0.606. The summed E-state index contributed by atoms with van der Waals surface area (Å²) in [6.45, 7) is 7.51. The van der Waals surface area contributed by atoms with E-state index in [0.29, 0.717) is 5.41 Å². The second-order valence-electron chi connectivity index (χ2n) is 3.91. The Morgan fingerprint density at radius 2 is 2.36 bits per heavy atom. The first-order valence-corrected chi connectivity index (χ1v) is 5.24. The maximum atomic E-state index is 5.15. The standard InChI is InChI=1S/C10H14O.C3H6/c1-3-10-5-4-9(11-2)6-8(10)7-10;1-3-2/h4-6,8H,3,7H2,1-2H3;3H,1H2,2H3. The fraction of sp³-hybridized carbons (Fsp3) is 0.538. The molecule has 1 nitrogen and oxygen atoms in total. The van der Waals surface area contributed by atoms with E-state index in [1.54, 1.807) is 13.2 Å². The summed E-state index contributed by atoms with van der Waals surface area (Å²) in [5, 5.41) is 0. The Morgan fingerprint density at radius 1 is 1.71 bits per heavy atom. The third-order valence-corrected chi connectivity index (χ3v) is 3.02. The first kappa shape index (κ1) is 11.1. The van der Waals surface area contributed by atoms with Gasteiger partial charge in [0.1, 0.15) is 5.76 Å². The van der Waals surface area contributed by atoms with Crippen LogP contribution in [0.1, 0.15) is 26.7 Å². The van der Waals surface area contributed by atoms with Gasteiger partial charge in [-0.2, -0.15) is 0 Å². The van der Waals surface area contributed by atoms with Crippen molar-refractivity contribution in [3.63, 3.8) is 0 Å². The largest absolute Gasteiger partial charge is 0.497 e. The van der Waals surface area contributed by atoms with Gasteiger partial charge in [-0.1, -0.05) is 19.1 Å². The zero-order valence-corrected chi connectivity index (χ0v) is 9.42. The minimum atomic E-state index is 0.530. The highest BCUT2D eigenvalue weighted by Crippen LogP contribution is 2.59. The summed E-state index contributed by atoms with van der Waals surface area (Å²) in [4.78, 5) is 0. The molecule has 1 saturated carbocycles. The highest BCUT2D eigenvalue weighted by atomic mass is 16.5. The van der Waals surface area contributed by atoms with Gasteiger partial charge in [0.15, 0.2) is 0 Å². The molecule has 0 bridgehead atoms. The molecule has 0 saturated heterocycles. The molecular weight excluding hydrogens is 172 g/mol. The van der Waals surface area contributed by atoms with Crippen LogP contribution in [0.3, 0.4) is 0 Å². The number of rotatable bonds is 2. The van der Waals surface area contributed by atoms with Gasteiger partial charge in [0.25, 0.3) is 0 Å². The first-order valence-electron chi connectivity index (χ1n) is 5.24. The second-order valence-corrected chi connectivity index (χ2v) is 3.91. The Hall–Kier alpha value is -0.980. The third-order valence-electron chi connectivity index (χ3n) is 3.02. The van der Waals surface area contributed by atoms with Gasteiger partial charge in [-0.05, 0) is 43.3 Å². The van der Waals surface area contributed by atoms with Crippen LogP contribution in [0.2, 0.25) is 0 Å². The van der Waals surface area contributed by atoms with Gasteiger partial charge in [-0.3, -0.25) is 0 Å².